The van der Waals surface area contributed by atoms with E-state index in [1.165, 1.54) is 23.6 Å². The Morgan fingerprint density at radius 2 is 2.04 bits per heavy atom. The van der Waals surface area contributed by atoms with Gasteiger partial charge < -0.3 is 15.0 Å². The Morgan fingerprint density at radius 1 is 1.27 bits per heavy atom. The van der Waals surface area contributed by atoms with Crippen LogP contribution in [-0.4, -0.2) is 36.6 Å². The fourth-order valence-electron chi connectivity index (χ4n) is 2.69. The van der Waals surface area contributed by atoms with Crippen molar-refractivity contribution in [2.24, 2.45) is 0 Å². The summed E-state index contributed by atoms with van der Waals surface area (Å²) in [4.78, 5) is 14.0. The molecular formula is C19H21FN2O2S2. The quantitative estimate of drug-likeness (QED) is 0.779. The van der Waals surface area contributed by atoms with Gasteiger partial charge >= 0.3 is 6.03 Å². The first-order valence-electron chi connectivity index (χ1n) is 8.24. The van der Waals surface area contributed by atoms with Gasteiger partial charge in [-0.25, -0.2) is 9.18 Å². The number of carbonyl (C=O) groups is 1. The first kappa shape index (κ1) is 18.9. The second kappa shape index (κ2) is 8.68. The van der Waals surface area contributed by atoms with Crippen molar-refractivity contribution in [2.45, 2.75) is 11.1 Å². The van der Waals surface area contributed by atoms with Crippen molar-refractivity contribution in [1.29, 1.82) is 0 Å². The summed E-state index contributed by atoms with van der Waals surface area (Å²) in [5.74, 6) is 2.08. The molecule has 0 bridgehead atoms. The highest BCUT2D eigenvalue weighted by Crippen LogP contribution is 2.45. The van der Waals surface area contributed by atoms with Gasteiger partial charge in [-0.3, -0.25) is 0 Å². The molecule has 0 saturated carbocycles. The number of halogens is 1. The lowest BCUT2D eigenvalue weighted by molar-refractivity contribution is 0.220. The maximum atomic E-state index is 13.8. The Labute approximate surface area is 161 Å². The highest BCUT2D eigenvalue weighted by molar-refractivity contribution is 8.19. The molecule has 0 atom stereocenters. The lowest BCUT2D eigenvalue weighted by atomic mass is 10.2. The summed E-state index contributed by atoms with van der Waals surface area (Å²) >= 11 is 3.86. The summed E-state index contributed by atoms with van der Waals surface area (Å²) in [5, 5.41) is 2.91. The average molecular weight is 393 g/mol. The Morgan fingerprint density at radius 3 is 2.73 bits per heavy atom. The molecule has 1 aliphatic heterocycles. The number of urea groups is 1. The molecule has 2 aromatic carbocycles. The molecule has 26 heavy (non-hydrogen) atoms. The topological polar surface area (TPSA) is 41.6 Å². The molecule has 1 fully saturated rings. The summed E-state index contributed by atoms with van der Waals surface area (Å²) < 4.78 is 19.1. The standard InChI is InChI=1S/C19H21FN2O2S2/c1-22(12-13-6-7-17(24-2)16(20)10-13)19(23)21-15-5-3-4-14(11-15)18-25-8-9-26-18/h3-7,10-11,18H,8-9,12H2,1-2H3,(H,21,23). The molecule has 7 heteroatoms. The molecule has 3 rings (SSSR count). The van der Waals surface area contributed by atoms with Crippen molar-refractivity contribution >= 4 is 35.2 Å². The second-order valence-corrected chi connectivity index (χ2v) is 8.68. The smallest absolute Gasteiger partial charge is 0.321 e. The van der Waals surface area contributed by atoms with Crippen molar-refractivity contribution in [2.75, 3.05) is 31.0 Å². The van der Waals surface area contributed by atoms with Crippen LogP contribution in [0.4, 0.5) is 14.9 Å². The van der Waals surface area contributed by atoms with E-state index in [4.69, 9.17) is 4.74 Å². The SMILES string of the molecule is COc1ccc(CN(C)C(=O)Nc2cccc(C3SCCS3)c2)cc1F. The predicted octanol–water partition coefficient (Wildman–Crippen LogP) is 4.98. The molecule has 1 N–H and O–H groups in total. The number of anilines is 1. The van der Waals surface area contributed by atoms with Crippen LogP contribution in [0.3, 0.4) is 0 Å². The number of methoxy groups -OCH3 is 1. The van der Waals surface area contributed by atoms with Crippen LogP contribution in [0.15, 0.2) is 42.5 Å². The normalized spacial score (nSPS) is 14.3. The number of thioether (sulfide) groups is 2. The van der Waals surface area contributed by atoms with E-state index >= 15 is 0 Å². The summed E-state index contributed by atoms with van der Waals surface area (Å²) in [6.07, 6.45) is 0. The van der Waals surface area contributed by atoms with Crippen molar-refractivity contribution in [3.63, 3.8) is 0 Å². The third-order valence-electron chi connectivity index (χ3n) is 4.01. The summed E-state index contributed by atoms with van der Waals surface area (Å²) in [7, 11) is 3.11. The minimum Gasteiger partial charge on any atom is -0.494 e. The fraction of sp³-hybridized carbons (Fsp3) is 0.316. The zero-order valence-corrected chi connectivity index (χ0v) is 16.3. The number of ether oxygens (including phenoxy) is 1. The molecule has 0 aromatic heterocycles. The Kier molecular flexibility index (Phi) is 6.32. The Hall–Kier alpha value is -1.86. The molecule has 1 aliphatic rings. The van der Waals surface area contributed by atoms with Gasteiger partial charge in [0.15, 0.2) is 11.6 Å². The van der Waals surface area contributed by atoms with Crippen molar-refractivity contribution < 1.29 is 13.9 Å². The highest BCUT2D eigenvalue weighted by Gasteiger charge is 2.19. The van der Waals surface area contributed by atoms with Gasteiger partial charge in [0.1, 0.15) is 0 Å². The van der Waals surface area contributed by atoms with E-state index < -0.39 is 5.82 Å². The number of hydrogen-bond donors (Lipinski definition) is 1. The van der Waals surface area contributed by atoms with Gasteiger partial charge in [0.25, 0.3) is 0 Å². The third-order valence-corrected chi connectivity index (χ3v) is 7.12. The van der Waals surface area contributed by atoms with E-state index in [-0.39, 0.29) is 11.8 Å². The maximum Gasteiger partial charge on any atom is 0.321 e. The van der Waals surface area contributed by atoms with E-state index in [0.29, 0.717) is 16.7 Å². The highest BCUT2D eigenvalue weighted by atomic mass is 32.2. The van der Waals surface area contributed by atoms with Crippen LogP contribution >= 0.6 is 23.5 Å². The molecular weight excluding hydrogens is 371 g/mol. The molecule has 0 unspecified atom stereocenters. The van der Waals surface area contributed by atoms with Gasteiger partial charge in [-0.1, -0.05) is 18.2 Å². The Balaban J connectivity index is 1.62. The number of benzene rings is 2. The molecule has 4 nitrogen and oxygen atoms in total. The van der Waals surface area contributed by atoms with Crippen molar-refractivity contribution in [3.05, 3.63) is 59.4 Å². The van der Waals surface area contributed by atoms with Crippen LogP contribution in [0, 0.1) is 5.82 Å². The summed E-state index contributed by atoms with van der Waals surface area (Å²) in [6, 6.07) is 12.4. The minimum absolute atomic E-state index is 0.195. The fourth-order valence-corrected chi connectivity index (χ4v) is 5.53. The van der Waals surface area contributed by atoms with Crippen molar-refractivity contribution in [3.8, 4) is 5.75 Å². The predicted molar refractivity (Wildman–Crippen MR) is 108 cm³/mol. The monoisotopic (exact) mass is 392 g/mol. The van der Waals surface area contributed by atoms with E-state index in [1.807, 2.05) is 41.7 Å². The zero-order chi connectivity index (χ0) is 18.5. The molecule has 0 spiro atoms. The van der Waals surface area contributed by atoms with Gasteiger partial charge in [-0.2, -0.15) is 0 Å². The molecule has 138 valence electrons. The second-order valence-electron chi connectivity index (χ2n) is 5.95. The molecule has 0 radical (unpaired) electrons. The van der Waals surface area contributed by atoms with Gasteiger partial charge in [-0.15, -0.1) is 23.5 Å². The maximum absolute atomic E-state index is 13.8. The van der Waals surface area contributed by atoms with E-state index in [9.17, 15) is 9.18 Å². The van der Waals surface area contributed by atoms with Crippen LogP contribution < -0.4 is 10.1 Å². The molecule has 2 amide bonds. The van der Waals surface area contributed by atoms with Crippen LogP contribution in [0.1, 0.15) is 15.7 Å². The molecule has 1 saturated heterocycles. The number of carbonyl (C=O) groups excluding carboxylic acids is 1. The van der Waals surface area contributed by atoms with Gasteiger partial charge in [0, 0.05) is 30.8 Å². The van der Waals surface area contributed by atoms with Crippen molar-refractivity contribution in [1.82, 2.24) is 4.90 Å². The lowest BCUT2D eigenvalue weighted by Gasteiger charge is -2.19. The first-order chi connectivity index (χ1) is 12.6. The summed E-state index contributed by atoms with van der Waals surface area (Å²) in [5.41, 5.74) is 2.69. The molecule has 1 heterocycles. The first-order valence-corrected chi connectivity index (χ1v) is 10.3. The minimum atomic E-state index is -0.432. The van der Waals surface area contributed by atoms with Gasteiger partial charge in [-0.05, 0) is 35.4 Å². The largest absolute Gasteiger partial charge is 0.494 e. The third kappa shape index (κ3) is 4.65. The van der Waals surface area contributed by atoms with Crippen LogP contribution in [0.25, 0.3) is 0 Å². The number of rotatable bonds is 5. The Bertz CT molecular complexity index is 782. The number of amides is 2. The zero-order valence-electron chi connectivity index (χ0n) is 14.7. The van der Waals surface area contributed by atoms with Crippen LogP contribution in [0.2, 0.25) is 0 Å². The van der Waals surface area contributed by atoms with Crippen LogP contribution in [0.5, 0.6) is 5.75 Å². The van der Waals surface area contributed by atoms with E-state index in [0.717, 1.165) is 17.2 Å². The number of hydrogen-bond acceptors (Lipinski definition) is 4. The molecule has 2 aromatic rings. The van der Waals surface area contributed by atoms with E-state index in [1.54, 1.807) is 19.2 Å². The van der Waals surface area contributed by atoms with Crippen LogP contribution in [-0.2, 0) is 6.54 Å². The van der Waals surface area contributed by atoms with Gasteiger partial charge in [0.2, 0.25) is 0 Å². The summed E-state index contributed by atoms with van der Waals surface area (Å²) in [6.45, 7) is 0.306. The van der Waals surface area contributed by atoms with Gasteiger partial charge in [0.05, 0.1) is 11.7 Å². The molecule has 0 aliphatic carbocycles. The number of nitrogens with zero attached hydrogens (tertiary/aromatic N) is 1. The average Bonchev–Trinajstić information content (AvgIpc) is 3.17. The van der Waals surface area contributed by atoms with E-state index in [2.05, 4.69) is 11.4 Å². The number of nitrogens with one attached hydrogen (secondary N) is 1. The lowest BCUT2D eigenvalue weighted by Crippen LogP contribution is -2.30.